The van der Waals surface area contributed by atoms with Crippen molar-refractivity contribution >= 4 is 15.7 Å². The molecule has 2 rings (SSSR count). The zero-order valence-electron chi connectivity index (χ0n) is 12.8. The third kappa shape index (κ3) is 3.63. The van der Waals surface area contributed by atoms with E-state index in [-0.39, 0.29) is 17.1 Å². The van der Waals surface area contributed by atoms with Gasteiger partial charge in [-0.1, -0.05) is 5.92 Å². The van der Waals surface area contributed by atoms with Crippen molar-refractivity contribution in [3.63, 3.8) is 0 Å². The predicted octanol–water partition coefficient (Wildman–Crippen LogP) is 2.97. The summed E-state index contributed by atoms with van der Waals surface area (Å²) in [5.41, 5.74) is 0.734. The molecular weight excluding hydrogens is 317 g/mol. The quantitative estimate of drug-likeness (QED) is 0.790. The number of hydrogen-bond donors (Lipinski definition) is 0. The maximum atomic E-state index is 13.3. The number of anilines is 1. The maximum absolute atomic E-state index is 13.3. The van der Waals surface area contributed by atoms with Crippen LogP contribution in [0.5, 0.6) is 5.75 Å². The number of sulfonamides is 1. The molecule has 0 aliphatic rings. The lowest BCUT2D eigenvalue weighted by molar-refractivity contribution is 0.370. The van der Waals surface area contributed by atoms with Crippen LogP contribution in [0.2, 0.25) is 0 Å². The van der Waals surface area contributed by atoms with Crippen LogP contribution >= 0.6 is 0 Å². The van der Waals surface area contributed by atoms with E-state index in [2.05, 4.69) is 5.92 Å². The minimum atomic E-state index is -3.77. The van der Waals surface area contributed by atoms with Crippen molar-refractivity contribution in [1.82, 2.24) is 0 Å². The van der Waals surface area contributed by atoms with Crippen molar-refractivity contribution < 1.29 is 17.5 Å². The van der Waals surface area contributed by atoms with Crippen LogP contribution in [0.4, 0.5) is 10.1 Å². The average Bonchev–Trinajstić information content (AvgIpc) is 2.55. The Morgan fingerprint density at radius 3 is 2.43 bits per heavy atom. The van der Waals surface area contributed by atoms with E-state index in [0.717, 1.165) is 10.4 Å². The lowest BCUT2D eigenvalue weighted by Crippen LogP contribution is -2.26. The van der Waals surface area contributed by atoms with Gasteiger partial charge in [-0.2, -0.15) is 0 Å². The monoisotopic (exact) mass is 333 g/mol. The van der Waals surface area contributed by atoms with Crippen LogP contribution in [0.25, 0.3) is 0 Å². The first-order valence-electron chi connectivity index (χ1n) is 6.77. The third-order valence-electron chi connectivity index (χ3n) is 3.31. The number of benzene rings is 2. The van der Waals surface area contributed by atoms with Gasteiger partial charge in [0.25, 0.3) is 10.0 Å². The number of nitrogens with zero attached hydrogens (tertiary/aromatic N) is 1. The molecule has 0 radical (unpaired) electrons. The van der Waals surface area contributed by atoms with E-state index in [1.165, 1.54) is 26.1 Å². The van der Waals surface area contributed by atoms with E-state index in [1.807, 2.05) is 0 Å². The number of rotatable bonds is 5. The van der Waals surface area contributed by atoms with Crippen LogP contribution in [-0.4, -0.2) is 22.1 Å². The molecule has 0 aromatic heterocycles. The van der Waals surface area contributed by atoms with Gasteiger partial charge in [0.1, 0.15) is 18.2 Å². The SMILES string of the molecule is C#CCOc1ccc(N(C)S(=O)(=O)c2ccc(F)c(C)c2)cc1. The normalized spacial score (nSPS) is 10.9. The van der Waals surface area contributed by atoms with E-state index < -0.39 is 15.8 Å². The average molecular weight is 333 g/mol. The molecule has 0 fully saturated rings. The predicted molar refractivity (Wildman–Crippen MR) is 87.5 cm³/mol. The van der Waals surface area contributed by atoms with Gasteiger partial charge in [-0.3, -0.25) is 4.31 Å². The molecule has 0 aliphatic carbocycles. The van der Waals surface area contributed by atoms with Gasteiger partial charge in [-0.05, 0) is 55.0 Å². The van der Waals surface area contributed by atoms with Crippen LogP contribution < -0.4 is 9.04 Å². The summed E-state index contributed by atoms with van der Waals surface area (Å²) >= 11 is 0. The van der Waals surface area contributed by atoms with Gasteiger partial charge in [0, 0.05) is 7.05 Å². The molecule has 0 heterocycles. The molecule has 0 N–H and O–H groups in total. The first kappa shape index (κ1) is 16.8. The molecule has 0 spiro atoms. The Labute approximate surface area is 135 Å². The number of hydrogen-bond acceptors (Lipinski definition) is 3. The van der Waals surface area contributed by atoms with Crippen LogP contribution in [0.1, 0.15) is 5.56 Å². The standard InChI is InChI=1S/C17H16FNO3S/c1-4-11-22-15-7-5-14(6-8-15)19(3)23(20,21)16-9-10-17(18)13(2)12-16/h1,5-10,12H,11H2,2-3H3. The van der Waals surface area contributed by atoms with Gasteiger partial charge in [0.15, 0.2) is 0 Å². The van der Waals surface area contributed by atoms with E-state index in [4.69, 9.17) is 11.2 Å². The fraction of sp³-hybridized carbons (Fsp3) is 0.176. The summed E-state index contributed by atoms with van der Waals surface area (Å²) < 4.78 is 44.9. The topological polar surface area (TPSA) is 46.6 Å². The second-order valence-electron chi connectivity index (χ2n) is 4.87. The molecule has 4 nitrogen and oxygen atoms in total. The Bertz CT molecular complexity index is 839. The molecule has 0 saturated carbocycles. The molecule has 2 aromatic rings. The minimum Gasteiger partial charge on any atom is -0.481 e. The largest absolute Gasteiger partial charge is 0.481 e. The van der Waals surface area contributed by atoms with Crippen molar-refractivity contribution in [2.24, 2.45) is 0 Å². The second kappa shape index (κ2) is 6.71. The van der Waals surface area contributed by atoms with Crippen LogP contribution in [0.3, 0.4) is 0 Å². The third-order valence-corrected chi connectivity index (χ3v) is 5.09. The molecule has 23 heavy (non-hydrogen) atoms. The van der Waals surface area contributed by atoms with E-state index in [0.29, 0.717) is 11.4 Å². The molecule has 2 aromatic carbocycles. The van der Waals surface area contributed by atoms with Gasteiger partial charge in [-0.25, -0.2) is 12.8 Å². The van der Waals surface area contributed by atoms with Crippen molar-refractivity contribution in [3.8, 4) is 18.1 Å². The molecule has 0 atom stereocenters. The molecule has 0 aliphatic heterocycles. The van der Waals surface area contributed by atoms with Crippen LogP contribution in [0.15, 0.2) is 47.4 Å². The Morgan fingerprint density at radius 2 is 1.87 bits per heavy atom. The van der Waals surface area contributed by atoms with Crippen molar-refractivity contribution in [3.05, 3.63) is 53.8 Å². The second-order valence-corrected chi connectivity index (χ2v) is 6.84. The van der Waals surface area contributed by atoms with Gasteiger partial charge in [0.05, 0.1) is 10.6 Å². The number of terminal acetylenes is 1. The summed E-state index contributed by atoms with van der Waals surface area (Å²) in [6, 6.07) is 10.2. The smallest absolute Gasteiger partial charge is 0.264 e. The zero-order chi connectivity index (χ0) is 17.0. The van der Waals surface area contributed by atoms with E-state index in [1.54, 1.807) is 24.3 Å². The number of ether oxygens (including phenoxy) is 1. The van der Waals surface area contributed by atoms with E-state index in [9.17, 15) is 12.8 Å². The molecule has 0 bridgehead atoms. The highest BCUT2D eigenvalue weighted by atomic mass is 32.2. The van der Waals surface area contributed by atoms with Crippen molar-refractivity contribution in [2.45, 2.75) is 11.8 Å². The summed E-state index contributed by atoms with van der Waals surface area (Å²) in [4.78, 5) is 0.0339. The molecule has 6 heteroatoms. The molecule has 120 valence electrons. The summed E-state index contributed by atoms with van der Waals surface area (Å²) in [5, 5.41) is 0. The minimum absolute atomic E-state index is 0.0339. The summed E-state index contributed by atoms with van der Waals surface area (Å²) in [5.74, 6) is 2.46. The van der Waals surface area contributed by atoms with Gasteiger partial charge < -0.3 is 4.74 Å². The fourth-order valence-electron chi connectivity index (χ4n) is 1.95. The Morgan fingerprint density at radius 1 is 1.22 bits per heavy atom. The van der Waals surface area contributed by atoms with E-state index >= 15 is 0 Å². The Kier molecular flexibility index (Phi) is 4.92. The van der Waals surface area contributed by atoms with Crippen LogP contribution in [0, 0.1) is 25.1 Å². The van der Waals surface area contributed by atoms with Crippen LogP contribution in [-0.2, 0) is 10.0 Å². The summed E-state index contributed by atoms with van der Waals surface area (Å²) in [6.45, 7) is 1.66. The Hall–Kier alpha value is -2.52. The fourth-order valence-corrected chi connectivity index (χ4v) is 3.23. The lowest BCUT2D eigenvalue weighted by Gasteiger charge is -2.20. The first-order chi connectivity index (χ1) is 10.9. The van der Waals surface area contributed by atoms with Crippen molar-refractivity contribution in [1.29, 1.82) is 0 Å². The van der Waals surface area contributed by atoms with Gasteiger partial charge >= 0.3 is 0 Å². The molecular formula is C17H16FNO3S. The number of aryl methyl sites for hydroxylation is 1. The first-order valence-corrected chi connectivity index (χ1v) is 8.21. The van der Waals surface area contributed by atoms with Gasteiger partial charge in [-0.15, -0.1) is 6.42 Å². The number of halogens is 1. The Balaban J connectivity index is 2.29. The maximum Gasteiger partial charge on any atom is 0.264 e. The van der Waals surface area contributed by atoms with Crippen molar-refractivity contribution in [2.75, 3.05) is 18.0 Å². The highest BCUT2D eigenvalue weighted by molar-refractivity contribution is 7.92. The molecule has 0 unspecified atom stereocenters. The highest BCUT2D eigenvalue weighted by Gasteiger charge is 2.22. The van der Waals surface area contributed by atoms with Gasteiger partial charge in [0.2, 0.25) is 0 Å². The zero-order valence-corrected chi connectivity index (χ0v) is 13.6. The lowest BCUT2D eigenvalue weighted by atomic mass is 10.2. The summed E-state index contributed by atoms with van der Waals surface area (Å²) in [6.07, 6.45) is 5.11. The summed E-state index contributed by atoms with van der Waals surface area (Å²) in [7, 11) is -2.33. The molecule has 0 amide bonds. The molecule has 0 saturated heterocycles. The highest BCUT2D eigenvalue weighted by Crippen LogP contribution is 2.25.